The van der Waals surface area contributed by atoms with Crippen molar-refractivity contribution in [2.24, 2.45) is 0 Å². The highest BCUT2D eigenvalue weighted by atomic mass is 32.2. The number of hydrogen-bond acceptors (Lipinski definition) is 4. The van der Waals surface area contributed by atoms with Crippen molar-refractivity contribution >= 4 is 11.8 Å². The molecule has 0 aliphatic heterocycles. The van der Waals surface area contributed by atoms with E-state index >= 15 is 0 Å². The molecule has 4 heteroatoms. The molecule has 0 aliphatic carbocycles. The van der Waals surface area contributed by atoms with Gasteiger partial charge in [-0.15, -0.1) is 11.8 Å². The van der Waals surface area contributed by atoms with Gasteiger partial charge in [-0.05, 0) is 6.92 Å². The molecular weight excluding hydrogens is 188 g/mol. The zero-order valence-corrected chi connectivity index (χ0v) is 8.64. The van der Waals surface area contributed by atoms with Gasteiger partial charge in [0.15, 0.2) is 0 Å². The average Bonchev–Trinajstić information content (AvgIpc) is 1.96. The van der Waals surface area contributed by atoms with Crippen LogP contribution >= 0.6 is 11.8 Å². The van der Waals surface area contributed by atoms with Crippen molar-refractivity contribution in [3.05, 3.63) is 22.2 Å². The van der Waals surface area contributed by atoms with Crippen LogP contribution in [0.3, 0.4) is 0 Å². The summed E-state index contributed by atoms with van der Waals surface area (Å²) in [6.07, 6.45) is 0. The van der Waals surface area contributed by atoms with E-state index in [-0.39, 0.29) is 11.0 Å². The zero-order chi connectivity index (χ0) is 10.0. The van der Waals surface area contributed by atoms with Crippen LogP contribution in [0.25, 0.3) is 0 Å². The second-order valence-electron chi connectivity index (χ2n) is 3.03. The Labute approximate surface area is 80.8 Å². The Morgan fingerprint density at radius 1 is 1.54 bits per heavy atom. The molecule has 1 aromatic rings. The molecule has 1 rings (SSSR count). The molecule has 0 radical (unpaired) electrons. The lowest BCUT2D eigenvalue weighted by Gasteiger charge is -2.05. The van der Waals surface area contributed by atoms with Crippen molar-refractivity contribution in [3.8, 4) is 5.75 Å². The van der Waals surface area contributed by atoms with E-state index in [9.17, 15) is 9.90 Å². The quantitative estimate of drug-likeness (QED) is 0.743. The third-order valence-electron chi connectivity index (χ3n) is 1.37. The summed E-state index contributed by atoms with van der Waals surface area (Å²) in [6, 6.07) is 1.45. The zero-order valence-electron chi connectivity index (χ0n) is 7.83. The van der Waals surface area contributed by atoms with E-state index in [0.717, 1.165) is 0 Å². The summed E-state index contributed by atoms with van der Waals surface area (Å²) in [6.45, 7) is 5.53. The minimum atomic E-state index is -0.462. The van der Waals surface area contributed by atoms with Gasteiger partial charge in [0.25, 0.3) is 0 Å². The van der Waals surface area contributed by atoms with Gasteiger partial charge in [-0.3, -0.25) is 0 Å². The van der Waals surface area contributed by atoms with E-state index in [1.165, 1.54) is 17.8 Å². The standard InChI is InChI=1S/C9H12O3S/c1-5(2)13-8-7(10)4-6(3)12-9(8)11/h4-5,10H,1-3H3. The number of aryl methyl sites for hydroxylation is 1. The van der Waals surface area contributed by atoms with Crippen molar-refractivity contribution in [1.82, 2.24) is 0 Å². The molecule has 1 N–H and O–H groups in total. The Hall–Kier alpha value is -0.900. The maximum Gasteiger partial charge on any atom is 0.353 e. The van der Waals surface area contributed by atoms with Crippen molar-refractivity contribution in [2.45, 2.75) is 30.9 Å². The molecule has 0 bridgehead atoms. The predicted molar refractivity (Wildman–Crippen MR) is 52.4 cm³/mol. The maximum atomic E-state index is 11.2. The highest BCUT2D eigenvalue weighted by Crippen LogP contribution is 2.28. The van der Waals surface area contributed by atoms with E-state index in [1.807, 2.05) is 13.8 Å². The van der Waals surface area contributed by atoms with Crippen LogP contribution in [0.4, 0.5) is 0 Å². The van der Waals surface area contributed by atoms with Crippen LogP contribution in [-0.2, 0) is 0 Å². The van der Waals surface area contributed by atoms with Gasteiger partial charge in [-0.1, -0.05) is 13.8 Å². The molecular formula is C9H12O3S. The summed E-state index contributed by atoms with van der Waals surface area (Å²) in [4.78, 5) is 11.5. The summed E-state index contributed by atoms with van der Waals surface area (Å²) in [5.41, 5.74) is -0.462. The predicted octanol–water partition coefficient (Wildman–Crippen LogP) is 2.15. The molecule has 0 fully saturated rings. The van der Waals surface area contributed by atoms with Gasteiger partial charge in [0, 0.05) is 11.3 Å². The van der Waals surface area contributed by atoms with Crippen LogP contribution in [-0.4, -0.2) is 10.4 Å². The normalized spacial score (nSPS) is 10.8. The molecule has 0 spiro atoms. The third kappa shape index (κ3) is 2.52. The Morgan fingerprint density at radius 3 is 2.62 bits per heavy atom. The Balaban J connectivity index is 3.14. The monoisotopic (exact) mass is 200 g/mol. The fraction of sp³-hybridized carbons (Fsp3) is 0.444. The molecule has 1 aromatic heterocycles. The first-order valence-corrected chi connectivity index (χ1v) is 4.89. The Morgan fingerprint density at radius 2 is 2.15 bits per heavy atom. The van der Waals surface area contributed by atoms with E-state index in [0.29, 0.717) is 10.7 Å². The van der Waals surface area contributed by atoms with Crippen LogP contribution in [0.1, 0.15) is 19.6 Å². The summed E-state index contributed by atoms with van der Waals surface area (Å²) in [5, 5.41) is 9.69. The fourth-order valence-electron chi connectivity index (χ4n) is 0.929. The van der Waals surface area contributed by atoms with Crippen molar-refractivity contribution in [2.75, 3.05) is 0 Å². The molecule has 1 heterocycles. The van der Waals surface area contributed by atoms with Crippen molar-refractivity contribution in [3.63, 3.8) is 0 Å². The van der Waals surface area contributed by atoms with Crippen LogP contribution in [0.2, 0.25) is 0 Å². The van der Waals surface area contributed by atoms with Gasteiger partial charge in [-0.2, -0.15) is 0 Å². The topological polar surface area (TPSA) is 50.4 Å². The molecule has 0 aliphatic rings. The summed E-state index contributed by atoms with van der Waals surface area (Å²) < 4.78 is 4.85. The second kappa shape index (κ2) is 3.87. The van der Waals surface area contributed by atoms with Gasteiger partial charge in [0.1, 0.15) is 16.4 Å². The van der Waals surface area contributed by atoms with Crippen molar-refractivity contribution < 1.29 is 9.52 Å². The highest BCUT2D eigenvalue weighted by molar-refractivity contribution is 8.00. The molecule has 0 aromatic carbocycles. The second-order valence-corrected chi connectivity index (χ2v) is 4.61. The number of thioether (sulfide) groups is 1. The fourth-order valence-corrected chi connectivity index (χ4v) is 1.72. The minimum Gasteiger partial charge on any atom is -0.506 e. The summed E-state index contributed by atoms with van der Waals surface area (Å²) in [7, 11) is 0. The number of rotatable bonds is 2. The maximum absolute atomic E-state index is 11.2. The van der Waals surface area contributed by atoms with Crippen LogP contribution in [0, 0.1) is 6.92 Å². The molecule has 0 amide bonds. The molecule has 0 saturated heterocycles. The van der Waals surface area contributed by atoms with Gasteiger partial charge < -0.3 is 9.52 Å². The molecule has 0 unspecified atom stereocenters. The highest BCUT2D eigenvalue weighted by Gasteiger charge is 2.11. The van der Waals surface area contributed by atoms with Crippen molar-refractivity contribution in [1.29, 1.82) is 0 Å². The number of hydrogen-bond donors (Lipinski definition) is 1. The first kappa shape index (κ1) is 10.2. The number of aromatic hydroxyl groups is 1. The van der Waals surface area contributed by atoms with E-state index in [1.54, 1.807) is 6.92 Å². The minimum absolute atomic E-state index is 0.00690. The van der Waals surface area contributed by atoms with Crippen LogP contribution in [0.5, 0.6) is 5.75 Å². The first-order valence-electron chi connectivity index (χ1n) is 4.01. The van der Waals surface area contributed by atoms with Gasteiger partial charge in [-0.25, -0.2) is 4.79 Å². The first-order chi connectivity index (χ1) is 6.00. The van der Waals surface area contributed by atoms with Gasteiger partial charge >= 0.3 is 5.63 Å². The van der Waals surface area contributed by atoms with Gasteiger partial charge in [0.2, 0.25) is 0 Å². The third-order valence-corrected chi connectivity index (χ3v) is 2.45. The molecule has 3 nitrogen and oxygen atoms in total. The summed E-state index contributed by atoms with van der Waals surface area (Å²) in [5.74, 6) is 0.433. The smallest absolute Gasteiger partial charge is 0.353 e. The lowest BCUT2D eigenvalue weighted by Crippen LogP contribution is -2.04. The SMILES string of the molecule is Cc1cc(O)c(SC(C)C)c(=O)o1. The molecule has 0 atom stereocenters. The Kier molecular flexibility index (Phi) is 3.03. The molecule has 72 valence electrons. The van der Waals surface area contributed by atoms with E-state index < -0.39 is 5.63 Å². The largest absolute Gasteiger partial charge is 0.506 e. The van der Waals surface area contributed by atoms with Crippen LogP contribution < -0.4 is 5.63 Å². The lowest BCUT2D eigenvalue weighted by atomic mass is 10.4. The van der Waals surface area contributed by atoms with E-state index in [2.05, 4.69) is 0 Å². The van der Waals surface area contributed by atoms with Crippen LogP contribution in [0.15, 0.2) is 20.2 Å². The Bertz CT molecular complexity index is 354. The molecule has 0 saturated carbocycles. The lowest BCUT2D eigenvalue weighted by molar-refractivity contribution is 0.412. The summed E-state index contributed by atoms with van der Waals surface area (Å²) >= 11 is 1.30. The molecule has 13 heavy (non-hydrogen) atoms. The van der Waals surface area contributed by atoms with E-state index in [4.69, 9.17) is 4.42 Å². The van der Waals surface area contributed by atoms with Gasteiger partial charge in [0.05, 0.1) is 0 Å². The average molecular weight is 200 g/mol.